The molecule has 0 bridgehead atoms. The fraction of sp³-hybridized carbons (Fsp3) is 0.214. The lowest BCUT2D eigenvalue weighted by Crippen LogP contribution is -2.30. The molecule has 2 N–H and O–H groups in total. The van der Waals surface area contributed by atoms with Gasteiger partial charge in [-0.15, -0.1) is 0 Å². The summed E-state index contributed by atoms with van der Waals surface area (Å²) in [5.74, 6) is -1.23. The second-order valence-electron chi connectivity index (χ2n) is 4.54. The van der Waals surface area contributed by atoms with Gasteiger partial charge in [-0.1, -0.05) is 35.6 Å². The van der Waals surface area contributed by atoms with Gasteiger partial charge in [-0.2, -0.15) is 0 Å². The molecule has 0 spiro atoms. The molecule has 1 aromatic carbocycles. The van der Waals surface area contributed by atoms with Crippen molar-refractivity contribution in [2.45, 2.75) is 13.3 Å². The van der Waals surface area contributed by atoms with Crippen molar-refractivity contribution >= 4 is 46.3 Å². The second kappa shape index (κ2) is 6.28. The number of aromatic hydroxyl groups is 1. The van der Waals surface area contributed by atoms with Crippen molar-refractivity contribution in [1.29, 1.82) is 0 Å². The lowest BCUT2D eigenvalue weighted by Gasteiger charge is -2.12. The summed E-state index contributed by atoms with van der Waals surface area (Å²) in [5.41, 5.74) is 1.49. The largest absolute Gasteiger partial charge is 0.507 e. The topological polar surface area (TPSA) is 77.8 Å². The third-order valence-electron chi connectivity index (χ3n) is 2.89. The first-order chi connectivity index (χ1) is 9.88. The van der Waals surface area contributed by atoms with Gasteiger partial charge in [-0.3, -0.25) is 14.5 Å². The van der Waals surface area contributed by atoms with Gasteiger partial charge >= 0.3 is 5.97 Å². The predicted molar refractivity (Wildman–Crippen MR) is 85.0 cm³/mol. The number of thioether (sulfide) groups is 1. The van der Waals surface area contributed by atoms with Crippen LogP contribution in [0.25, 0.3) is 6.08 Å². The van der Waals surface area contributed by atoms with E-state index in [-0.39, 0.29) is 24.6 Å². The molecule has 0 aromatic heterocycles. The van der Waals surface area contributed by atoms with Gasteiger partial charge in [0.2, 0.25) is 0 Å². The van der Waals surface area contributed by atoms with Gasteiger partial charge in [0.05, 0.1) is 11.3 Å². The SMILES string of the molecule is Cc1ccc(O)c(C=C2SC(=S)N(CCC(=O)O)C2=O)c1. The van der Waals surface area contributed by atoms with Crippen molar-refractivity contribution in [1.82, 2.24) is 4.90 Å². The molecule has 0 unspecified atom stereocenters. The van der Waals surface area contributed by atoms with E-state index in [0.29, 0.717) is 14.8 Å². The Kier molecular flexibility index (Phi) is 4.64. The molecule has 1 aliphatic rings. The molecule has 1 heterocycles. The lowest BCUT2D eigenvalue weighted by molar-refractivity contribution is -0.137. The van der Waals surface area contributed by atoms with Gasteiger partial charge < -0.3 is 10.2 Å². The number of phenols is 1. The van der Waals surface area contributed by atoms with Gasteiger partial charge in [0, 0.05) is 12.1 Å². The van der Waals surface area contributed by atoms with E-state index in [0.717, 1.165) is 17.3 Å². The van der Waals surface area contributed by atoms with E-state index >= 15 is 0 Å². The molecule has 5 nitrogen and oxygen atoms in total. The average molecular weight is 323 g/mol. The van der Waals surface area contributed by atoms with Crippen molar-refractivity contribution in [2.75, 3.05) is 6.54 Å². The predicted octanol–water partition coefficient (Wildman–Crippen LogP) is 2.38. The highest BCUT2D eigenvalue weighted by Gasteiger charge is 2.32. The maximum absolute atomic E-state index is 12.2. The number of aliphatic carboxylic acids is 1. The minimum atomic E-state index is -0.982. The van der Waals surface area contributed by atoms with E-state index < -0.39 is 5.97 Å². The standard InChI is InChI=1S/C14H13NO4S2/c1-8-2-3-10(16)9(6-8)7-11-13(19)15(14(20)21-11)5-4-12(17)18/h2-3,6-7,16H,4-5H2,1H3,(H,17,18). The molecular weight excluding hydrogens is 310 g/mol. The second-order valence-corrected chi connectivity index (χ2v) is 6.22. The number of phenolic OH excluding ortho intramolecular Hbond substituents is 1. The van der Waals surface area contributed by atoms with Gasteiger partial charge in [-0.05, 0) is 25.1 Å². The number of carbonyl (C=O) groups is 2. The molecule has 0 radical (unpaired) electrons. The van der Waals surface area contributed by atoms with Crippen LogP contribution in [0.1, 0.15) is 17.5 Å². The van der Waals surface area contributed by atoms with Crippen LogP contribution in [-0.4, -0.2) is 37.9 Å². The minimum Gasteiger partial charge on any atom is -0.507 e. The van der Waals surface area contributed by atoms with Crippen LogP contribution >= 0.6 is 24.0 Å². The number of nitrogens with zero attached hydrogens (tertiary/aromatic N) is 1. The maximum Gasteiger partial charge on any atom is 0.305 e. The molecule has 1 fully saturated rings. The molecule has 1 aromatic rings. The Morgan fingerprint density at radius 1 is 1.48 bits per heavy atom. The summed E-state index contributed by atoms with van der Waals surface area (Å²) in [6.45, 7) is 1.94. The molecule has 1 aliphatic heterocycles. The number of thiocarbonyl (C=S) groups is 1. The van der Waals surface area contributed by atoms with Gasteiger partial charge in [-0.25, -0.2) is 0 Å². The molecule has 110 valence electrons. The Balaban J connectivity index is 2.23. The Bertz CT molecular complexity index is 654. The van der Waals surface area contributed by atoms with Crippen LogP contribution < -0.4 is 0 Å². The van der Waals surface area contributed by atoms with Crippen LogP contribution in [0.3, 0.4) is 0 Å². The van der Waals surface area contributed by atoms with Crippen molar-refractivity contribution in [2.24, 2.45) is 0 Å². The zero-order valence-corrected chi connectivity index (χ0v) is 12.8. The Hall–Kier alpha value is -1.86. The Morgan fingerprint density at radius 2 is 2.19 bits per heavy atom. The highest BCUT2D eigenvalue weighted by atomic mass is 32.2. The van der Waals surface area contributed by atoms with E-state index in [1.54, 1.807) is 24.3 Å². The van der Waals surface area contributed by atoms with E-state index in [2.05, 4.69) is 0 Å². The van der Waals surface area contributed by atoms with E-state index in [1.165, 1.54) is 4.90 Å². The fourth-order valence-corrected chi connectivity index (χ4v) is 3.13. The number of hydrogen-bond donors (Lipinski definition) is 2. The zero-order chi connectivity index (χ0) is 15.6. The molecule has 21 heavy (non-hydrogen) atoms. The van der Waals surface area contributed by atoms with Crippen LogP contribution in [0.4, 0.5) is 0 Å². The summed E-state index contributed by atoms with van der Waals surface area (Å²) in [5, 5.41) is 18.5. The first-order valence-corrected chi connectivity index (χ1v) is 7.37. The molecule has 1 amide bonds. The highest BCUT2D eigenvalue weighted by Crippen LogP contribution is 2.34. The van der Waals surface area contributed by atoms with Gasteiger partial charge in [0.1, 0.15) is 10.1 Å². The van der Waals surface area contributed by atoms with Crippen LogP contribution in [0.2, 0.25) is 0 Å². The fourth-order valence-electron chi connectivity index (χ4n) is 1.83. The number of carbonyl (C=O) groups excluding carboxylic acids is 1. The molecular formula is C14H13NO4S2. The highest BCUT2D eigenvalue weighted by molar-refractivity contribution is 8.26. The molecule has 1 saturated heterocycles. The van der Waals surface area contributed by atoms with Crippen molar-refractivity contribution in [3.63, 3.8) is 0 Å². The van der Waals surface area contributed by atoms with Crippen LogP contribution in [0.5, 0.6) is 5.75 Å². The Labute approximate surface area is 131 Å². The number of amides is 1. The molecule has 0 aliphatic carbocycles. The summed E-state index contributed by atoms with van der Waals surface area (Å²) in [6, 6.07) is 5.09. The van der Waals surface area contributed by atoms with E-state index in [1.807, 2.05) is 6.92 Å². The lowest BCUT2D eigenvalue weighted by atomic mass is 10.1. The molecule has 2 rings (SSSR count). The summed E-state index contributed by atoms with van der Waals surface area (Å²) in [6.07, 6.45) is 1.41. The smallest absolute Gasteiger partial charge is 0.305 e. The third-order valence-corrected chi connectivity index (χ3v) is 4.27. The number of hydrogen-bond acceptors (Lipinski definition) is 5. The quantitative estimate of drug-likeness (QED) is 0.654. The number of aryl methyl sites for hydroxylation is 1. The number of carboxylic acids is 1. The van der Waals surface area contributed by atoms with E-state index in [4.69, 9.17) is 17.3 Å². The Morgan fingerprint density at radius 3 is 2.86 bits per heavy atom. The normalized spacial score (nSPS) is 16.8. The van der Waals surface area contributed by atoms with Crippen molar-refractivity contribution < 1.29 is 19.8 Å². The molecule has 7 heteroatoms. The van der Waals surface area contributed by atoms with E-state index in [9.17, 15) is 14.7 Å². The van der Waals surface area contributed by atoms with Crippen LogP contribution in [0, 0.1) is 6.92 Å². The monoisotopic (exact) mass is 323 g/mol. The first-order valence-electron chi connectivity index (χ1n) is 6.15. The maximum atomic E-state index is 12.2. The average Bonchev–Trinajstić information content (AvgIpc) is 2.66. The molecule has 0 saturated carbocycles. The summed E-state index contributed by atoms with van der Waals surface area (Å²) >= 11 is 6.20. The summed E-state index contributed by atoms with van der Waals surface area (Å²) in [4.78, 5) is 24.4. The third kappa shape index (κ3) is 3.62. The van der Waals surface area contributed by atoms with Crippen LogP contribution in [0.15, 0.2) is 23.1 Å². The molecule has 0 atom stereocenters. The number of carboxylic acid groups (broad SMARTS) is 1. The zero-order valence-electron chi connectivity index (χ0n) is 11.2. The van der Waals surface area contributed by atoms with Gasteiger partial charge in [0.15, 0.2) is 0 Å². The summed E-state index contributed by atoms with van der Waals surface area (Å²) < 4.78 is 0.333. The minimum absolute atomic E-state index is 0.0527. The number of benzene rings is 1. The van der Waals surface area contributed by atoms with Crippen molar-refractivity contribution in [3.05, 3.63) is 34.2 Å². The van der Waals surface area contributed by atoms with Crippen LogP contribution in [-0.2, 0) is 9.59 Å². The first kappa shape index (κ1) is 15.5. The summed E-state index contributed by atoms with van der Waals surface area (Å²) in [7, 11) is 0. The van der Waals surface area contributed by atoms with Gasteiger partial charge in [0.25, 0.3) is 5.91 Å². The van der Waals surface area contributed by atoms with Crippen molar-refractivity contribution in [3.8, 4) is 5.75 Å². The number of rotatable bonds is 4.